The predicted octanol–water partition coefficient (Wildman–Crippen LogP) is 2.83. The molecule has 0 saturated heterocycles. The van der Waals surface area contributed by atoms with Crippen molar-refractivity contribution in [2.45, 2.75) is 6.92 Å². The highest BCUT2D eigenvalue weighted by atomic mass is 28.3. The van der Waals surface area contributed by atoms with Crippen LogP contribution in [0.25, 0.3) is 0 Å². The smallest absolute Gasteiger partial charge is 0.106 e. The fourth-order valence-corrected chi connectivity index (χ4v) is 3.95. The summed E-state index contributed by atoms with van der Waals surface area (Å²) in [4.78, 5) is 0. The summed E-state index contributed by atoms with van der Waals surface area (Å²) >= 11 is 0. The van der Waals surface area contributed by atoms with Crippen LogP contribution in [-0.4, -0.2) is 8.07 Å². The number of hydrogen-bond acceptors (Lipinski definition) is 0. The molecule has 14 heavy (non-hydrogen) atoms. The molecule has 0 fully saturated rings. The van der Waals surface area contributed by atoms with Crippen molar-refractivity contribution in [3.8, 4) is 0 Å². The van der Waals surface area contributed by atoms with Gasteiger partial charge in [-0.3, -0.25) is 0 Å². The van der Waals surface area contributed by atoms with Crippen LogP contribution in [0.4, 0.5) is 0 Å². The first kappa shape index (κ1) is 10.7. The standard InChI is InChI=1S/C13H16Si/c1-5-14(6-2,7-3)13-11-9-8-10-12(13)4/h5-11H,1-3H2,4H3. The molecular formula is C13H16Si. The third-order valence-electron chi connectivity index (χ3n) is 2.62. The Morgan fingerprint density at radius 1 is 1.00 bits per heavy atom. The fraction of sp³-hybridized carbons (Fsp3) is 0.0769. The van der Waals surface area contributed by atoms with Crippen LogP contribution < -0.4 is 5.19 Å². The van der Waals surface area contributed by atoms with Crippen LogP contribution in [0, 0.1) is 6.92 Å². The van der Waals surface area contributed by atoms with Crippen molar-refractivity contribution in [2.75, 3.05) is 0 Å². The lowest BCUT2D eigenvalue weighted by molar-refractivity contribution is 1.51. The summed E-state index contributed by atoms with van der Waals surface area (Å²) in [6, 6.07) is 8.37. The summed E-state index contributed by atoms with van der Waals surface area (Å²) in [6.07, 6.45) is 0. The molecule has 0 spiro atoms. The average molecular weight is 200 g/mol. The van der Waals surface area contributed by atoms with E-state index in [1.54, 1.807) is 0 Å². The highest BCUT2D eigenvalue weighted by Crippen LogP contribution is 2.10. The third-order valence-corrected chi connectivity index (χ3v) is 6.15. The summed E-state index contributed by atoms with van der Waals surface area (Å²) in [7, 11) is -1.85. The number of benzene rings is 1. The Labute approximate surface area is 87.3 Å². The number of rotatable bonds is 4. The quantitative estimate of drug-likeness (QED) is 0.656. The number of aryl methyl sites for hydroxylation is 1. The zero-order valence-electron chi connectivity index (χ0n) is 8.66. The van der Waals surface area contributed by atoms with E-state index in [4.69, 9.17) is 0 Å². The Hall–Kier alpha value is -1.34. The predicted molar refractivity (Wildman–Crippen MR) is 67.2 cm³/mol. The molecular weight excluding hydrogens is 184 g/mol. The molecule has 1 rings (SSSR count). The molecule has 0 aliphatic heterocycles. The first-order valence-electron chi connectivity index (χ1n) is 4.67. The summed E-state index contributed by atoms with van der Waals surface area (Å²) in [5.74, 6) is 0. The van der Waals surface area contributed by atoms with Crippen LogP contribution >= 0.6 is 0 Å². The van der Waals surface area contributed by atoms with Gasteiger partial charge in [0.25, 0.3) is 0 Å². The Balaban J connectivity index is 3.38. The Morgan fingerprint density at radius 2 is 1.50 bits per heavy atom. The normalized spacial score (nSPS) is 10.6. The molecule has 0 atom stereocenters. The Kier molecular flexibility index (Phi) is 3.26. The van der Waals surface area contributed by atoms with Crippen LogP contribution in [0.3, 0.4) is 0 Å². The molecule has 0 aromatic heterocycles. The maximum Gasteiger partial charge on any atom is 0.156 e. The zero-order valence-corrected chi connectivity index (χ0v) is 9.66. The molecule has 0 saturated carbocycles. The lowest BCUT2D eigenvalue weighted by Gasteiger charge is -2.22. The molecule has 1 aromatic rings. The molecule has 72 valence electrons. The van der Waals surface area contributed by atoms with Crippen molar-refractivity contribution in [3.63, 3.8) is 0 Å². The van der Waals surface area contributed by atoms with E-state index in [0.29, 0.717) is 0 Å². The van der Waals surface area contributed by atoms with Gasteiger partial charge in [0.05, 0.1) is 0 Å². The number of hydrogen-bond donors (Lipinski definition) is 0. The lowest BCUT2D eigenvalue weighted by atomic mass is 10.2. The minimum Gasteiger partial charge on any atom is -0.106 e. The fourth-order valence-electron chi connectivity index (χ4n) is 1.64. The average Bonchev–Trinajstić information content (AvgIpc) is 2.24. The van der Waals surface area contributed by atoms with Crippen LogP contribution in [0.5, 0.6) is 0 Å². The monoisotopic (exact) mass is 200 g/mol. The SMILES string of the molecule is C=C[Si](C=C)(C=C)c1ccccc1C. The van der Waals surface area contributed by atoms with Crippen molar-refractivity contribution >= 4 is 13.3 Å². The first-order valence-corrected chi connectivity index (χ1v) is 6.90. The van der Waals surface area contributed by atoms with E-state index in [1.165, 1.54) is 10.8 Å². The van der Waals surface area contributed by atoms with Crippen molar-refractivity contribution in [1.29, 1.82) is 0 Å². The van der Waals surface area contributed by atoms with Crippen LogP contribution in [0.2, 0.25) is 0 Å². The molecule has 0 nitrogen and oxygen atoms in total. The van der Waals surface area contributed by atoms with Gasteiger partial charge in [-0.25, -0.2) is 0 Å². The molecule has 1 heteroatoms. The van der Waals surface area contributed by atoms with Gasteiger partial charge >= 0.3 is 0 Å². The van der Waals surface area contributed by atoms with Gasteiger partial charge in [-0.05, 0) is 12.1 Å². The van der Waals surface area contributed by atoms with Gasteiger partial charge in [0.1, 0.15) is 0 Å². The summed E-state index contributed by atoms with van der Waals surface area (Å²) in [5.41, 5.74) is 7.32. The minimum atomic E-state index is -1.85. The second kappa shape index (κ2) is 4.25. The molecule has 0 aliphatic carbocycles. The van der Waals surface area contributed by atoms with Crippen LogP contribution in [-0.2, 0) is 0 Å². The van der Waals surface area contributed by atoms with Crippen molar-refractivity contribution in [2.24, 2.45) is 0 Å². The Morgan fingerprint density at radius 3 is 1.93 bits per heavy atom. The summed E-state index contributed by atoms with van der Waals surface area (Å²) in [5, 5.41) is 1.33. The van der Waals surface area contributed by atoms with Gasteiger partial charge < -0.3 is 0 Å². The lowest BCUT2D eigenvalue weighted by Crippen LogP contribution is -2.44. The van der Waals surface area contributed by atoms with Crippen molar-refractivity contribution in [3.05, 3.63) is 66.7 Å². The topological polar surface area (TPSA) is 0 Å². The van der Waals surface area contributed by atoms with Crippen molar-refractivity contribution in [1.82, 2.24) is 0 Å². The highest BCUT2D eigenvalue weighted by molar-refractivity contribution is 7.03. The molecule has 0 bridgehead atoms. The highest BCUT2D eigenvalue weighted by Gasteiger charge is 2.25. The van der Waals surface area contributed by atoms with Gasteiger partial charge in [-0.15, -0.1) is 19.7 Å². The largest absolute Gasteiger partial charge is 0.156 e. The van der Waals surface area contributed by atoms with E-state index in [2.05, 4.69) is 44.9 Å². The molecule has 0 amide bonds. The van der Waals surface area contributed by atoms with Crippen molar-refractivity contribution < 1.29 is 0 Å². The molecule has 0 heterocycles. The minimum absolute atomic E-state index is 1.29. The van der Waals surface area contributed by atoms with Gasteiger partial charge in [0, 0.05) is 0 Å². The van der Waals surface area contributed by atoms with Crippen LogP contribution in [0.15, 0.2) is 61.1 Å². The third kappa shape index (κ3) is 1.63. The first-order chi connectivity index (χ1) is 6.70. The van der Waals surface area contributed by atoms with Crippen LogP contribution in [0.1, 0.15) is 5.56 Å². The maximum absolute atomic E-state index is 3.91. The van der Waals surface area contributed by atoms with Gasteiger partial charge in [0.15, 0.2) is 8.07 Å². The molecule has 0 radical (unpaired) electrons. The zero-order chi connectivity index (χ0) is 10.6. The molecule has 1 aromatic carbocycles. The summed E-state index contributed by atoms with van der Waals surface area (Å²) in [6.45, 7) is 13.9. The van der Waals surface area contributed by atoms with Gasteiger partial charge in [-0.2, -0.15) is 0 Å². The van der Waals surface area contributed by atoms with Gasteiger partial charge in [0.2, 0.25) is 0 Å². The Bertz CT molecular complexity index is 341. The molecule has 0 unspecified atom stereocenters. The second-order valence-corrected chi connectivity index (χ2v) is 6.99. The molecule has 0 aliphatic rings. The van der Waals surface area contributed by atoms with E-state index >= 15 is 0 Å². The molecule has 0 N–H and O–H groups in total. The van der Waals surface area contributed by atoms with Gasteiger partial charge in [-0.1, -0.05) is 46.9 Å². The second-order valence-electron chi connectivity index (χ2n) is 3.36. The summed E-state index contributed by atoms with van der Waals surface area (Å²) < 4.78 is 0. The van der Waals surface area contributed by atoms with E-state index in [0.717, 1.165) is 0 Å². The maximum atomic E-state index is 3.91. The van der Waals surface area contributed by atoms with E-state index in [9.17, 15) is 0 Å². The van der Waals surface area contributed by atoms with E-state index < -0.39 is 8.07 Å². The van der Waals surface area contributed by atoms with E-state index in [-0.39, 0.29) is 0 Å². The van der Waals surface area contributed by atoms with E-state index in [1.807, 2.05) is 23.2 Å².